The molecule has 48 heavy (non-hydrogen) atoms. The molecular formula is C37H51FN6O4. The van der Waals surface area contributed by atoms with Crippen molar-refractivity contribution in [2.75, 3.05) is 53.0 Å². The standard InChI is InChI=1S/C37H51FN6O4/c1-6-7-10-31(41-37(39-4)44-15-13-43(14-16-44)25-11-18-47-19-12-25)32-21-29-34(28(22-33(45)46)24(3)40-36(29)42(32)5)27-20-30(38)35-26(23(27)2)9-8-17-48-35/h20-21,25,37,39H,6-19,22H2,1-5H3,(H,45,46). The Morgan fingerprint density at radius 2 is 1.92 bits per heavy atom. The fourth-order valence-corrected chi connectivity index (χ4v) is 7.83. The van der Waals surface area contributed by atoms with Gasteiger partial charge in [0.2, 0.25) is 0 Å². The molecule has 0 saturated carbocycles. The maximum Gasteiger partial charge on any atom is 0.307 e. The number of fused-ring (bicyclic) bond motifs is 2. The lowest BCUT2D eigenvalue weighted by Gasteiger charge is -2.42. The summed E-state index contributed by atoms with van der Waals surface area (Å²) in [6, 6.07) is 4.22. The number of aliphatic carboxylic acids is 1. The van der Waals surface area contributed by atoms with Gasteiger partial charge in [-0.3, -0.25) is 24.9 Å². The minimum absolute atomic E-state index is 0.180. The van der Waals surface area contributed by atoms with Crippen molar-refractivity contribution in [3.8, 4) is 16.9 Å². The molecular weight excluding hydrogens is 611 g/mol. The van der Waals surface area contributed by atoms with E-state index in [4.69, 9.17) is 19.5 Å². The van der Waals surface area contributed by atoms with Crippen LogP contribution < -0.4 is 10.1 Å². The van der Waals surface area contributed by atoms with Gasteiger partial charge in [-0.2, -0.15) is 0 Å². The summed E-state index contributed by atoms with van der Waals surface area (Å²) < 4.78 is 29.0. The maximum absolute atomic E-state index is 15.6. The van der Waals surface area contributed by atoms with E-state index >= 15 is 4.39 Å². The monoisotopic (exact) mass is 662 g/mol. The molecule has 3 aromatic rings. The number of unbranched alkanes of at least 4 members (excludes halogenated alkanes) is 1. The van der Waals surface area contributed by atoms with Gasteiger partial charge in [-0.1, -0.05) is 13.3 Å². The highest BCUT2D eigenvalue weighted by Crippen LogP contribution is 2.42. The number of benzene rings is 1. The third-order valence-electron chi connectivity index (χ3n) is 10.5. The molecule has 0 radical (unpaired) electrons. The molecule has 0 spiro atoms. The van der Waals surface area contributed by atoms with E-state index in [0.717, 1.165) is 123 Å². The van der Waals surface area contributed by atoms with Gasteiger partial charge < -0.3 is 19.1 Å². The fourth-order valence-electron chi connectivity index (χ4n) is 7.83. The van der Waals surface area contributed by atoms with Crippen LogP contribution in [0, 0.1) is 19.7 Å². The Morgan fingerprint density at radius 1 is 1.17 bits per heavy atom. The zero-order valence-corrected chi connectivity index (χ0v) is 29.2. The number of pyridine rings is 1. The molecule has 11 heteroatoms. The van der Waals surface area contributed by atoms with Gasteiger partial charge in [-0.05, 0) is 93.8 Å². The zero-order chi connectivity index (χ0) is 33.9. The Labute approximate surface area is 283 Å². The summed E-state index contributed by atoms with van der Waals surface area (Å²) in [5.74, 6) is -1.04. The van der Waals surface area contributed by atoms with Crippen molar-refractivity contribution >= 4 is 22.7 Å². The number of rotatable bonds is 11. The molecule has 1 unspecified atom stereocenters. The SMILES string of the molecule is CCCCC(=NC(NC)N1CCN(C2CCOCC2)CC1)c1cc2c(-c3cc(F)c4c(c3C)CCCO4)c(CC(=O)O)c(C)nc2n1C. The summed E-state index contributed by atoms with van der Waals surface area (Å²) in [6.45, 7) is 12.1. The Balaban J connectivity index is 1.43. The van der Waals surface area contributed by atoms with Gasteiger partial charge in [0.05, 0.1) is 24.4 Å². The van der Waals surface area contributed by atoms with Crippen molar-refractivity contribution < 1.29 is 23.8 Å². The third kappa shape index (κ3) is 6.88. The van der Waals surface area contributed by atoms with E-state index in [0.29, 0.717) is 35.2 Å². The van der Waals surface area contributed by atoms with Crippen LogP contribution in [-0.4, -0.2) is 102 Å². The molecule has 2 N–H and O–H groups in total. The zero-order valence-electron chi connectivity index (χ0n) is 29.2. The Morgan fingerprint density at radius 3 is 2.60 bits per heavy atom. The van der Waals surface area contributed by atoms with E-state index in [-0.39, 0.29) is 12.7 Å². The summed E-state index contributed by atoms with van der Waals surface area (Å²) in [7, 11) is 3.97. The van der Waals surface area contributed by atoms with Gasteiger partial charge in [-0.15, -0.1) is 0 Å². The first-order chi connectivity index (χ1) is 23.2. The molecule has 3 aliphatic rings. The molecule has 5 heterocycles. The number of carboxylic acids is 1. The van der Waals surface area contributed by atoms with Crippen LogP contribution in [0.5, 0.6) is 5.75 Å². The average Bonchev–Trinajstić information content (AvgIpc) is 3.42. The number of aromatic nitrogens is 2. The number of nitrogens with one attached hydrogen (secondary N) is 1. The summed E-state index contributed by atoms with van der Waals surface area (Å²) in [4.78, 5) is 27.5. The van der Waals surface area contributed by atoms with Crippen LogP contribution in [0.25, 0.3) is 22.2 Å². The number of ether oxygens (including phenoxy) is 2. The van der Waals surface area contributed by atoms with Crippen LogP contribution in [0.15, 0.2) is 17.1 Å². The minimum Gasteiger partial charge on any atom is -0.490 e. The topological polar surface area (TPSA) is 104 Å². The molecule has 0 amide bonds. The van der Waals surface area contributed by atoms with Gasteiger partial charge in [0.15, 0.2) is 17.9 Å². The summed E-state index contributed by atoms with van der Waals surface area (Å²) in [5, 5.41) is 14.3. The van der Waals surface area contributed by atoms with Gasteiger partial charge >= 0.3 is 5.97 Å². The predicted molar refractivity (Wildman–Crippen MR) is 187 cm³/mol. The van der Waals surface area contributed by atoms with E-state index in [9.17, 15) is 9.90 Å². The molecule has 260 valence electrons. The number of hydrogen-bond donors (Lipinski definition) is 2. The van der Waals surface area contributed by atoms with Crippen LogP contribution >= 0.6 is 0 Å². The van der Waals surface area contributed by atoms with Crippen LogP contribution in [0.2, 0.25) is 0 Å². The first-order valence-corrected chi connectivity index (χ1v) is 17.7. The fraction of sp³-hybridized carbons (Fsp3) is 0.595. The second kappa shape index (κ2) is 15.0. The number of aliphatic imine (C=N–C) groups is 1. The molecule has 1 atom stereocenters. The van der Waals surface area contributed by atoms with Crippen molar-refractivity contribution in [2.45, 2.75) is 84.5 Å². The normalized spacial score (nSPS) is 19.0. The lowest BCUT2D eigenvalue weighted by molar-refractivity contribution is -0.136. The second-order valence-electron chi connectivity index (χ2n) is 13.5. The van der Waals surface area contributed by atoms with Crippen LogP contribution in [-0.2, 0) is 29.4 Å². The van der Waals surface area contributed by atoms with Gasteiger partial charge in [0, 0.05) is 69.1 Å². The van der Waals surface area contributed by atoms with E-state index < -0.39 is 11.8 Å². The number of piperazine rings is 1. The van der Waals surface area contributed by atoms with Crippen molar-refractivity contribution in [1.82, 2.24) is 24.7 Å². The Hall–Kier alpha value is -3.38. The molecule has 3 aliphatic heterocycles. The van der Waals surface area contributed by atoms with E-state index in [1.54, 1.807) is 0 Å². The highest BCUT2D eigenvalue weighted by atomic mass is 19.1. The van der Waals surface area contributed by atoms with Gasteiger partial charge in [-0.25, -0.2) is 9.37 Å². The molecule has 2 fully saturated rings. The quantitative estimate of drug-likeness (QED) is 0.269. The number of nitrogens with zero attached hydrogens (tertiary/aromatic N) is 5. The Kier molecular flexibility index (Phi) is 10.8. The molecule has 10 nitrogen and oxygen atoms in total. The van der Waals surface area contributed by atoms with Crippen molar-refractivity contribution in [1.29, 1.82) is 0 Å². The van der Waals surface area contributed by atoms with Crippen molar-refractivity contribution in [3.63, 3.8) is 0 Å². The van der Waals surface area contributed by atoms with Crippen LogP contribution in [0.4, 0.5) is 4.39 Å². The molecule has 2 saturated heterocycles. The highest BCUT2D eigenvalue weighted by molar-refractivity contribution is 6.07. The molecule has 0 aliphatic carbocycles. The first kappa shape index (κ1) is 34.5. The number of hydrogen-bond acceptors (Lipinski definition) is 8. The van der Waals surface area contributed by atoms with Crippen LogP contribution in [0.3, 0.4) is 0 Å². The van der Waals surface area contributed by atoms with Crippen molar-refractivity contribution in [3.05, 3.63) is 46.0 Å². The smallest absolute Gasteiger partial charge is 0.307 e. The highest BCUT2D eigenvalue weighted by Gasteiger charge is 2.30. The Bertz CT molecular complexity index is 1670. The lowest BCUT2D eigenvalue weighted by Crippen LogP contribution is -2.56. The lowest BCUT2D eigenvalue weighted by atomic mass is 9.87. The van der Waals surface area contributed by atoms with E-state index in [1.165, 1.54) is 6.07 Å². The number of aryl methyl sites for hydroxylation is 2. The summed E-state index contributed by atoms with van der Waals surface area (Å²) in [6.07, 6.45) is 6.15. The summed E-state index contributed by atoms with van der Waals surface area (Å²) >= 11 is 0. The van der Waals surface area contributed by atoms with Crippen LogP contribution in [0.1, 0.15) is 73.5 Å². The molecule has 0 bridgehead atoms. The predicted octanol–water partition coefficient (Wildman–Crippen LogP) is 5.23. The molecule has 2 aromatic heterocycles. The maximum atomic E-state index is 15.6. The van der Waals surface area contributed by atoms with E-state index in [1.807, 2.05) is 27.9 Å². The third-order valence-corrected chi connectivity index (χ3v) is 10.5. The number of carbonyl (C=O) groups is 1. The summed E-state index contributed by atoms with van der Waals surface area (Å²) in [5.41, 5.74) is 7.10. The number of halogens is 1. The van der Waals surface area contributed by atoms with E-state index in [2.05, 4.69) is 32.7 Å². The average molecular weight is 663 g/mol. The van der Waals surface area contributed by atoms with Gasteiger partial charge in [0.25, 0.3) is 0 Å². The number of carboxylic acid groups (broad SMARTS) is 1. The second-order valence-corrected chi connectivity index (χ2v) is 13.5. The largest absolute Gasteiger partial charge is 0.490 e. The minimum atomic E-state index is -0.949. The van der Waals surface area contributed by atoms with Crippen molar-refractivity contribution in [2.24, 2.45) is 12.0 Å². The first-order valence-electron chi connectivity index (χ1n) is 17.7. The van der Waals surface area contributed by atoms with Gasteiger partial charge in [0.1, 0.15) is 5.65 Å². The molecule has 1 aromatic carbocycles. The molecule has 6 rings (SSSR count).